The minimum atomic E-state index is -3.27. The van der Waals surface area contributed by atoms with Crippen molar-refractivity contribution in [3.05, 3.63) is 0 Å². The van der Waals surface area contributed by atoms with Gasteiger partial charge in [-0.25, -0.2) is 13.1 Å². The van der Waals surface area contributed by atoms with Crippen LogP contribution in [0.1, 0.15) is 34.1 Å². The summed E-state index contributed by atoms with van der Waals surface area (Å²) >= 11 is 0. The molecule has 0 aliphatic rings. The zero-order valence-corrected chi connectivity index (χ0v) is 10.2. The van der Waals surface area contributed by atoms with Gasteiger partial charge in [0, 0.05) is 6.04 Å². The molecule has 4 nitrogen and oxygen atoms in total. The van der Waals surface area contributed by atoms with E-state index in [0.717, 1.165) is 0 Å². The van der Waals surface area contributed by atoms with Crippen LogP contribution in [0.4, 0.5) is 0 Å². The highest BCUT2D eigenvalue weighted by atomic mass is 32.2. The van der Waals surface area contributed by atoms with Crippen LogP contribution in [0.2, 0.25) is 0 Å². The molecule has 2 N–H and O–H groups in total. The van der Waals surface area contributed by atoms with Crippen molar-refractivity contribution in [1.82, 2.24) is 4.72 Å². The van der Waals surface area contributed by atoms with E-state index in [1.165, 1.54) is 0 Å². The van der Waals surface area contributed by atoms with Crippen molar-refractivity contribution in [2.24, 2.45) is 5.41 Å². The van der Waals surface area contributed by atoms with E-state index < -0.39 is 10.0 Å². The predicted molar refractivity (Wildman–Crippen MR) is 57.5 cm³/mol. The molecule has 14 heavy (non-hydrogen) atoms. The smallest absolute Gasteiger partial charge is 0.212 e. The van der Waals surface area contributed by atoms with Gasteiger partial charge in [-0.1, -0.05) is 27.7 Å². The van der Waals surface area contributed by atoms with Gasteiger partial charge in [0.2, 0.25) is 10.0 Å². The van der Waals surface area contributed by atoms with Crippen molar-refractivity contribution in [3.8, 4) is 0 Å². The zero-order chi connectivity index (χ0) is 11.4. The first-order valence-electron chi connectivity index (χ1n) is 4.81. The Morgan fingerprint density at radius 2 is 1.86 bits per heavy atom. The molecule has 0 saturated heterocycles. The molecule has 0 fully saturated rings. The lowest BCUT2D eigenvalue weighted by Gasteiger charge is -2.21. The highest BCUT2D eigenvalue weighted by molar-refractivity contribution is 7.89. The Hall–Kier alpha value is -0.130. The monoisotopic (exact) mass is 223 g/mol. The molecule has 0 aromatic carbocycles. The van der Waals surface area contributed by atoms with Crippen LogP contribution in [-0.2, 0) is 10.0 Å². The summed E-state index contributed by atoms with van der Waals surface area (Å²) in [4.78, 5) is 0. The van der Waals surface area contributed by atoms with Crippen LogP contribution in [0, 0.1) is 5.41 Å². The van der Waals surface area contributed by atoms with Crippen LogP contribution < -0.4 is 4.72 Å². The average Bonchev–Trinajstić information content (AvgIpc) is 1.95. The summed E-state index contributed by atoms with van der Waals surface area (Å²) in [6, 6.07) is -0.359. The summed E-state index contributed by atoms with van der Waals surface area (Å²) in [7, 11) is -3.27. The first-order valence-corrected chi connectivity index (χ1v) is 6.46. The van der Waals surface area contributed by atoms with Crippen molar-refractivity contribution in [2.45, 2.75) is 40.2 Å². The van der Waals surface area contributed by atoms with Gasteiger partial charge < -0.3 is 5.11 Å². The van der Waals surface area contributed by atoms with Gasteiger partial charge in [0.15, 0.2) is 0 Å². The molecule has 0 aliphatic heterocycles. The van der Waals surface area contributed by atoms with Crippen molar-refractivity contribution in [2.75, 3.05) is 12.4 Å². The largest absolute Gasteiger partial charge is 0.395 e. The van der Waals surface area contributed by atoms with Crippen LogP contribution in [-0.4, -0.2) is 31.9 Å². The van der Waals surface area contributed by atoms with Gasteiger partial charge in [-0.2, -0.15) is 0 Å². The minimum Gasteiger partial charge on any atom is -0.395 e. The standard InChI is InChI=1S/C9H21NO3S/c1-5-8(6-11)10-14(12,13)7-9(2,3)4/h8,10-11H,5-7H2,1-4H3. The zero-order valence-electron chi connectivity index (χ0n) is 9.37. The van der Waals surface area contributed by atoms with Crippen molar-refractivity contribution in [3.63, 3.8) is 0 Å². The Morgan fingerprint density at radius 3 is 2.14 bits per heavy atom. The third-order valence-corrected chi connectivity index (χ3v) is 3.62. The first-order chi connectivity index (χ1) is 6.20. The second-order valence-corrected chi connectivity index (χ2v) is 6.48. The molecule has 86 valence electrons. The Bertz CT molecular complexity index is 250. The van der Waals surface area contributed by atoms with Crippen molar-refractivity contribution >= 4 is 10.0 Å². The lowest BCUT2D eigenvalue weighted by Crippen LogP contribution is -2.40. The van der Waals surface area contributed by atoms with Gasteiger partial charge in [-0.15, -0.1) is 0 Å². The summed E-state index contributed by atoms with van der Waals surface area (Å²) in [5.74, 6) is 0.0799. The van der Waals surface area contributed by atoms with Crippen molar-refractivity contribution < 1.29 is 13.5 Å². The topological polar surface area (TPSA) is 66.4 Å². The van der Waals surface area contributed by atoms with Crippen LogP contribution in [0.15, 0.2) is 0 Å². The molecule has 1 atom stereocenters. The molecule has 0 spiro atoms. The molecule has 0 heterocycles. The fourth-order valence-electron chi connectivity index (χ4n) is 1.12. The Morgan fingerprint density at radius 1 is 1.36 bits per heavy atom. The van der Waals surface area contributed by atoms with Gasteiger partial charge in [-0.3, -0.25) is 0 Å². The fourth-order valence-corrected chi connectivity index (χ4v) is 3.09. The molecule has 5 heteroatoms. The molecular formula is C9H21NO3S. The predicted octanol–water partition coefficient (Wildman–Crippen LogP) is 0.723. The fraction of sp³-hybridized carbons (Fsp3) is 1.00. The number of hydrogen-bond acceptors (Lipinski definition) is 3. The van der Waals surface area contributed by atoms with E-state index in [9.17, 15) is 8.42 Å². The van der Waals surface area contributed by atoms with E-state index in [-0.39, 0.29) is 23.8 Å². The average molecular weight is 223 g/mol. The molecule has 0 aliphatic carbocycles. The number of nitrogens with one attached hydrogen (secondary N) is 1. The third-order valence-electron chi connectivity index (χ3n) is 1.68. The van der Waals surface area contributed by atoms with Gasteiger partial charge >= 0.3 is 0 Å². The molecule has 0 bridgehead atoms. The lowest BCUT2D eigenvalue weighted by molar-refractivity contribution is 0.253. The number of sulfonamides is 1. The molecule has 0 aromatic heterocycles. The minimum absolute atomic E-state index is 0.0799. The number of aliphatic hydroxyl groups excluding tert-OH is 1. The molecular weight excluding hydrogens is 202 g/mol. The Balaban J connectivity index is 4.35. The first kappa shape index (κ1) is 13.9. The summed E-state index contributed by atoms with van der Waals surface area (Å²) < 4.78 is 25.6. The van der Waals surface area contributed by atoms with Gasteiger partial charge in [0.05, 0.1) is 12.4 Å². The van der Waals surface area contributed by atoms with Crippen LogP contribution in [0.3, 0.4) is 0 Å². The van der Waals surface area contributed by atoms with E-state index >= 15 is 0 Å². The molecule has 0 aromatic rings. The molecule has 1 unspecified atom stereocenters. The number of rotatable bonds is 5. The van der Waals surface area contributed by atoms with E-state index in [4.69, 9.17) is 5.11 Å². The maximum absolute atomic E-state index is 11.6. The van der Waals surface area contributed by atoms with E-state index in [2.05, 4.69) is 4.72 Å². The maximum atomic E-state index is 11.6. The van der Waals surface area contributed by atoms with Crippen LogP contribution >= 0.6 is 0 Å². The molecule has 0 saturated carbocycles. The van der Waals surface area contributed by atoms with E-state index in [0.29, 0.717) is 6.42 Å². The summed E-state index contributed by atoms with van der Waals surface area (Å²) in [6.07, 6.45) is 0.597. The highest BCUT2D eigenvalue weighted by Gasteiger charge is 2.23. The summed E-state index contributed by atoms with van der Waals surface area (Å²) in [5.41, 5.74) is -0.264. The third kappa shape index (κ3) is 6.34. The molecule has 0 rings (SSSR count). The van der Waals surface area contributed by atoms with Crippen molar-refractivity contribution in [1.29, 1.82) is 0 Å². The highest BCUT2D eigenvalue weighted by Crippen LogP contribution is 2.15. The van der Waals surface area contributed by atoms with E-state index in [1.807, 2.05) is 27.7 Å². The maximum Gasteiger partial charge on any atom is 0.212 e. The van der Waals surface area contributed by atoms with Crippen LogP contribution in [0.5, 0.6) is 0 Å². The van der Waals surface area contributed by atoms with Gasteiger partial charge in [0.25, 0.3) is 0 Å². The Kier molecular flexibility index (Phi) is 5.05. The molecule has 0 radical (unpaired) electrons. The van der Waals surface area contributed by atoms with E-state index in [1.54, 1.807) is 0 Å². The summed E-state index contributed by atoms with van der Waals surface area (Å²) in [6.45, 7) is 7.28. The Labute approximate surface area is 86.8 Å². The van der Waals surface area contributed by atoms with Gasteiger partial charge in [-0.05, 0) is 11.8 Å². The SMILES string of the molecule is CCC(CO)NS(=O)(=O)CC(C)(C)C. The second-order valence-electron chi connectivity index (χ2n) is 4.73. The normalized spacial score (nSPS) is 15.5. The number of aliphatic hydroxyl groups is 1. The van der Waals surface area contributed by atoms with Crippen LogP contribution in [0.25, 0.3) is 0 Å². The second kappa shape index (κ2) is 5.09. The van der Waals surface area contributed by atoms with Gasteiger partial charge in [0.1, 0.15) is 0 Å². The molecule has 0 amide bonds. The summed E-state index contributed by atoms with van der Waals surface area (Å²) in [5, 5.41) is 8.86. The quantitative estimate of drug-likeness (QED) is 0.722. The number of hydrogen-bond donors (Lipinski definition) is 2. The lowest BCUT2D eigenvalue weighted by atomic mass is 10.0.